The van der Waals surface area contributed by atoms with E-state index >= 15 is 0 Å². The van der Waals surface area contributed by atoms with Crippen LogP contribution in [0.2, 0.25) is 0 Å². The van der Waals surface area contributed by atoms with Gasteiger partial charge < -0.3 is 10.2 Å². The fraction of sp³-hybridized carbons (Fsp3) is 0.375. The van der Waals surface area contributed by atoms with Crippen molar-refractivity contribution in [3.63, 3.8) is 0 Å². The summed E-state index contributed by atoms with van der Waals surface area (Å²) in [6.45, 7) is 7.01. The first kappa shape index (κ1) is 21.8. The number of amides is 1. The lowest BCUT2D eigenvalue weighted by molar-refractivity contribution is 0.0560. The minimum atomic E-state index is -0.363. The van der Waals surface area contributed by atoms with Crippen LogP contribution < -0.4 is 5.32 Å². The van der Waals surface area contributed by atoms with Gasteiger partial charge in [0.25, 0.3) is 5.91 Å². The first-order valence-electron chi connectivity index (χ1n) is 10.8. The van der Waals surface area contributed by atoms with Gasteiger partial charge in [0.05, 0.1) is 11.8 Å². The Morgan fingerprint density at radius 2 is 1.97 bits per heavy atom. The first-order chi connectivity index (χ1) is 15.4. The molecule has 3 aromatic heterocycles. The topological polar surface area (TPSA) is 83.9 Å². The average molecular weight is 435 g/mol. The summed E-state index contributed by atoms with van der Waals surface area (Å²) in [6.07, 6.45) is 6.41. The van der Waals surface area contributed by atoms with Gasteiger partial charge in [0.1, 0.15) is 17.3 Å². The van der Waals surface area contributed by atoms with Crippen molar-refractivity contribution in [1.29, 1.82) is 0 Å². The number of piperidine rings is 1. The lowest BCUT2D eigenvalue weighted by atomic mass is 9.93. The molecule has 0 aliphatic carbocycles. The van der Waals surface area contributed by atoms with E-state index in [1.54, 1.807) is 18.5 Å². The van der Waals surface area contributed by atoms with Crippen LogP contribution >= 0.6 is 0 Å². The van der Waals surface area contributed by atoms with E-state index in [1.165, 1.54) is 12.3 Å². The molecule has 32 heavy (non-hydrogen) atoms. The van der Waals surface area contributed by atoms with Crippen molar-refractivity contribution in [2.45, 2.75) is 39.7 Å². The van der Waals surface area contributed by atoms with Gasteiger partial charge in [-0.25, -0.2) is 24.3 Å². The molecule has 4 heterocycles. The number of halogens is 1. The molecule has 1 aliphatic heterocycles. The highest BCUT2D eigenvalue weighted by Crippen LogP contribution is 2.27. The molecule has 1 fully saturated rings. The minimum absolute atomic E-state index is 0.0307. The molecule has 1 saturated heterocycles. The summed E-state index contributed by atoms with van der Waals surface area (Å²) in [5.74, 6) is 1.01. The van der Waals surface area contributed by atoms with Gasteiger partial charge in [-0.05, 0) is 62.4 Å². The van der Waals surface area contributed by atoms with E-state index in [1.807, 2.05) is 30.9 Å². The van der Waals surface area contributed by atoms with Crippen LogP contribution in [-0.4, -0.2) is 49.9 Å². The molecule has 166 valence electrons. The number of hydrogen-bond acceptors (Lipinski definition) is 6. The fourth-order valence-corrected chi connectivity index (χ4v) is 4.08. The van der Waals surface area contributed by atoms with E-state index in [-0.39, 0.29) is 17.8 Å². The van der Waals surface area contributed by atoms with Crippen molar-refractivity contribution in [2.24, 2.45) is 5.92 Å². The van der Waals surface area contributed by atoms with E-state index < -0.39 is 0 Å². The summed E-state index contributed by atoms with van der Waals surface area (Å²) >= 11 is 0. The van der Waals surface area contributed by atoms with Crippen molar-refractivity contribution in [2.75, 3.05) is 18.4 Å². The molecule has 0 spiro atoms. The van der Waals surface area contributed by atoms with Gasteiger partial charge >= 0.3 is 0 Å². The second-order valence-corrected chi connectivity index (χ2v) is 8.41. The highest BCUT2D eigenvalue weighted by Gasteiger charge is 2.33. The zero-order valence-corrected chi connectivity index (χ0v) is 18.5. The number of aryl methyl sites for hydroxylation is 2. The van der Waals surface area contributed by atoms with Crippen LogP contribution in [0.5, 0.6) is 0 Å². The Bertz CT molecular complexity index is 1110. The maximum atomic E-state index is 13.7. The van der Waals surface area contributed by atoms with E-state index in [0.717, 1.165) is 24.1 Å². The van der Waals surface area contributed by atoms with Crippen LogP contribution in [-0.2, 0) is 0 Å². The van der Waals surface area contributed by atoms with Crippen molar-refractivity contribution in [3.05, 3.63) is 65.6 Å². The Morgan fingerprint density at radius 3 is 2.72 bits per heavy atom. The van der Waals surface area contributed by atoms with Crippen LogP contribution in [0.3, 0.4) is 0 Å². The minimum Gasteiger partial charge on any atom is -0.368 e. The summed E-state index contributed by atoms with van der Waals surface area (Å²) in [6, 6.07) is 6.88. The zero-order valence-electron chi connectivity index (χ0n) is 18.5. The molecule has 0 bridgehead atoms. The number of carbonyl (C=O) groups excluding carboxylic acids is 1. The summed E-state index contributed by atoms with van der Waals surface area (Å²) in [5.41, 5.74) is 2.49. The lowest BCUT2D eigenvalue weighted by Gasteiger charge is -2.39. The van der Waals surface area contributed by atoms with E-state index in [9.17, 15) is 9.18 Å². The highest BCUT2D eigenvalue weighted by atomic mass is 19.1. The molecule has 0 radical (unpaired) electrons. The molecule has 0 saturated carbocycles. The van der Waals surface area contributed by atoms with Gasteiger partial charge in [0, 0.05) is 37.2 Å². The Balaban J connectivity index is 1.61. The zero-order chi connectivity index (χ0) is 22.7. The Hall–Kier alpha value is -3.42. The van der Waals surface area contributed by atoms with Crippen molar-refractivity contribution in [1.82, 2.24) is 24.8 Å². The maximum absolute atomic E-state index is 13.7. The molecule has 2 atom stereocenters. The summed E-state index contributed by atoms with van der Waals surface area (Å²) < 4.78 is 13.4. The third kappa shape index (κ3) is 4.74. The number of hydrogen-bond donors (Lipinski definition) is 1. The molecule has 0 aromatic carbocycles. The molecule has 1 amide bonds. The molecule has 1 aliphatic rings. The number of likely N-dealkylation sites (tertiary alicyclic amines) is 1. The first-order valence-corrected chi connectivity index (χ1v) is 10.8. The number of pyridine rings is 2. The maximum Gasteiger partial charge on any atom is 0.273 e. The SMILES string of the molecule is Cc1ccc(-c2ncccn2)c(C(=O)N2C[C@@H](C)CC[C@H]2CNc2ncc(F)cc2C)n1. The Morgan fingerprint density at radius 1 is 1.19 bits per heavy atom. The summed E-state index contributed by atoms with van der Waals surface area (Å²) in [7, 11) is 0. The molecule has 3 aromatic rings. The van der Waals surface area contributed by atoms with E-state index in [0.29, 0.717) is 41.9 Å². The normalized spacial score (nSPS) is 18.4. The standard InChI is InChI=1S/C24H27FN6O/c1-15-5-7-19(13-29-22-16(2)11-18(25)12-28-22)31(14-15)24(32)21-20(8-6-17(3)30-21)23-26-9-4-10-27-23/h4,6,8-12,15,19H,5,7,13-14H2,1-3H3,(H,28,29)/t15-,19-/m0/s1. The van der Waals surface area contributed by atoms with Gasteiger partial charge in [-0.3, -0.25) is 4.79 Å². The molecule has 8 heteroatoms. The van der Waals surface area contributed by atoms with Crippen LogP contribution in [0.15, 0.2) is 42.9 Å². The molecule has 0 unspecified atom stereocenters. The number of nitrogens with zero attached hydrogens (tertiary/aromatic N) is 5. The van der Waals surface area contributed by atoms with Gasteiger partial charge in [0.2, 0.25) is 0 Å². The van der Waals surface area contributed by atoms with Gasteiger partial charge in [0.15, 0.2) is 5.82 Å². The number of carbonyl (C=O) groups is 1. The van der Waals surface area contributed by atoms with Crippen molar-refractivity contribution in [3.8, 4) is 11.4 Å². The number of nitrogens with one attached hydrogen (secondary N) is 1. The fourth-order valence-electron chi connectivity index (χ4n) is 4.08. The second kappa shape index (κ2) is 9.38. The predicted molar refractivity (Wildman–Crippen MR) is 121 cm³/mol. The third-order valence-corrected chi connectivity index (χ3v) is 5.80. The summed E-state index contributed by atoms with van der Waals surface area (Å²) in [5, 5.41) is 3.30. The van der Waals surface area contributed by atoms with Crippen molar-refractivity contribution < 1.29 is 9.18 Å². The van der Waals surface area contributed by atoms with E-state index in [2.05, 4.69) is 32.2 Å². The smallest absolute Gasteiger partial charge is 0.273 e. The third-order valence-electron chi connectivity index (χ3n) is 5.80. The van der Waals surface area contributed by atoms with Gasteiger partial charge in [-0.2, -0.15) is 0 Å². The molecular weight excluding hydrogens is 407 g/mol. The Labute approximate surface area is 187 Å². The lowest BCUT2D eigenvalue weighted by Crippen LogP contribution is -2.49. The number of anilines is 1. The summed E-state index contributed by atoms with van der Waals surface area (Å²) in [4.78, 5) is 33.0. The Kier molecular flexibility index (Phi) is 6.39. The molecule has 7 nitrogen and oxygen atoms in total. The average Bonchev–Trinajstić information content (AvgIpc) is 2.79. The monoisotopic (exact) mass is 434 g/mol. The quantitative estimate of drug-likeness (QED) is 0.652. The predicted octanol–water partition coefficient (Wildman–Crippen LogP) is 4.04. The largest absolute Gasteiger partial charge is 0.368 e. The van der Waals surface area contributed by atoms with Crippen LogP contribution in [0, 0.1) is 25.6 Å². The van der Waals surface area contributed by atoms with Crippen LogP contribution in [0.25, 0.3) is 11.4 Å². The van der Waals surface area contributed by atoms with Gasteiger partial charge in [-0.1, -0.05) is 6.92 Å². The molecular formula is C24H27FN6O. The number of aromatic nitrogens is 4. The molecule has 4 rings (SSSR count). The second-order valence-electron chi connectivity index (χ2n) is 8.41. The molecule has 1 N–H and O–H groups in total. The highest BCUT2D eigenvalue weighted by molar-refractivity contribution is 5.98. The van der Waals surface area contributed by atoms with Crippen molar-refractivity contribution >= 4 is 11.7 Å². The van der Waals surface area contributed by atoms with Crippen LogP contribution in [0.4, 0.5) is 10.2 Å². The number of rotatable bonds is 5. The van der Waals surface area contributed by atoms with Gasteiger partial charge in [-0.15, -0.1) is 0 Å². The van der Waals surface area contributed by atoms with E-state index in [4.69, 9.17) is 0 Å². The van der Waals surface area contributed by atoms with Crippen LogP contribution in [0.1, 0.15) is 41.5 Å².